The Morgan fingerprint density at radius 3 is 2.58 bits per heavy atom. The lowest BCUT2D eigenvalue weighted by Gasteiger charge is -2.24. The third-order valence-electron chi connectivity index (χ3n) is 3.66. The summed E-state index contributed by atoms with van der Waals surface area (Å²) in [7, 11) is 0. The van der Waals surface area contributed by atoms with E-state index in [2.05, 4.69) is 15.4 Å². The van der Waals surface area contributed by atoms with Crippen molar-refractivity contribution in [3.8, 4) is 5.75 Å². The number of benzene rings is 2. The van der Waals surface area contributed by atoms with Crippen LogP contribution < -0.4 is 15.4 Å². The molecule has 2 aromatic rings. The van der Waals surface area contributed by atoms with Crippen molar-refractivity contribution in [1.82, 2.24) is 0 Å². The molecular weight excluding hydrogens is 318 g/mol. The summed E-state index contributed by atoms with van der Waals surface area (Å²) in [5.41, 5.74) is 1.80. The van der Waals surface area contributed by atoms with Gasteiger partial charge in [-0.1, -0.05) is 18.2 Å². The van der Waals surface area contributed by atoms with Crippen LogP contribution in [0.15, 0.2) is 48.5 Å². The van der Waals surface area contributed by atoms with Crippen LogP contribution in [0.3, 0.4) is 0 Å². The molecule has 1 aliphatic heterocycles. The molecule has 0 fully saturated rings. The van der Waals surface area contributed by atoms with Crippen molar-refractivity contribution in [1.29, 1.82) is 0 Å². The molecule has 7 heteroatoms. The molecule has 1 aliphatic rings. The highest BCUT2D eigenvalue weighted by Crippen LogP contribution is 2.33. The lowest BCUT2D eigenvalue weighted by molar-refractivity contribution is -0.123. The van der Waals surface area contributed by atoms with Gasteiger partial charge in [-0.15, -0.1) is 0 Å². The second-order valence-corrected chi connectivity index (χ2v) is 5.28. The molecule has 0 radical (unpaired) electrons. The molecule has 124 valence electrons. The van der Waals surface area contributed by atoms with Gasteiger partial charge in [0.2, 0.25) is 11.8 Å². The van der Waals surface area contributed by atoms with Gasteiger partial charge in [0.25, 0.3) is 0 Å². The van der Waals surface area contributed by atoms with Gasteiger partial charge in [0, 0.05) is 17.8 Å². The van der Waals surface area contributed by atoms with Crippen molar-refractivity contribution in [3.63, 3.8) is 0 Å². The smallest absolute Gasteiger partial charge is 0.387 e. The zero-order valence-electron chi connectivity index (χ0n) is 12.5. The maximum absolute atomic E-state index is 12.5. The van der Waals surface area contributed by atoms with Crippen LogP contribution in [0.4, 0.5) is 20.2 Å². The summed E-state index contributed by atoms with van der Waals surface area (Å²) < 4.78 is 28.5. The minimum absolute atomic E-state index is 0.00499. The molecule has 0 bridgehead atoms. The second-order valence-electron chi connectivity index (χ2n) is 5.28. The Hall–Kier alpha value is -2.96. The standard InChI is InChI=1S/C17H14F2N2O3/c18-17(19)24-11-7-5-10(6-8-11)20-16(23)13-9-15(22)21-14-4-2-1-3-12(13)14/h1-8,13,17H,9H2,(H,20,23)(H,21,22). The van der Waals surface area contributed by atoms with Crippen LogP contribution in [0.25, 0.3) is 0 Å². The molecule has 1 heterocycles. The minimum Gasteiger partial charge on any atom is -0.435 e. The van der Waals surface area contributed by atoms with Gasteiger partial charge in [-0.2, -0.15) is 8.78 Å². The molecule has 5 nitrogen and oxygen atoms in total. The van der Waals surface area contributed by atoms with Gasteiger partial charge >= 0.3 is 6.61 Å². The van der Waals surface area contributed by atoms with Gasteiger partial charge in [-0.05, 0) is 35.9 Å². The Morgan fingerprint density at radius 1 is 1.17 bits per heavy atom. The highest BCUT2D eigenvalue weighted by atomic mass is 19.3. The van der Waals surface area contributed by atoms with Gasteiger partial charge in [0.1, 0.15) is 5.75 Å². The van der Waals surface area contributed by atoms with Gasteiger partial charge in [0.15, 0.2) is 0 Å². The molecule has 0 saturated heterocycles. The van der Waals surface area contributed by atoms with Crippen LogP contribution in [-0.2, 0) is 9.59 Å². The third-order valence-corrected chi connectivity index (χ3v) is 3.66. The number of hydrogen-bond acceptors (Lipinski definition) is 3. The first kappa shape index (κ1) is 15.9. The topological polar surface area (TPSA) is 67.4 Å². The van der Waals surface area contributed by atoms with Crippen molar-refractivity contribution in [3.05, 3.63) is 54.1 Å². The Kier molecular flexibility index (Phi) is 4.41. The summed E-state index contributed by atoms with van der Waals surface area (Å²) in [5.74, 6) is -1.16. The van der Waals surface area contributed by atoms with Gasteiger partial charge in [0.05, 0.1) is 5.92 Å². The molecule has 2 amide bonds. The summed E-state index contributed by atoms with van der Waals surface area (Å²) in [4.78, 5) is 24.3. The number of rotatable bonds is 4. The first-order valence-electron chi connectivity index (χ1n) is 7.27. The minimum atomic E-state index is -2.90. The van der Waals surface area contributed by atoms with E-state index in [0.29, 0.717) is 11.4 Å². The number of fused-ring (bicyclic) bond motifs is 1. The predicted octanol–water partition coefficient (Wildman–Crippen LogP) is 3.35. The molecule has 1 atom stereocenters. The first-order valence-corrected chi connectivity index (χ1v) is 7.27. The number of carbonyl (C=O) groups is 2. The number of anilines is 2. The highest BCUT2D eigenvalue weighted by Gasteiger charge is 2.30. The number of amides is 2. The summed E-state index contributed by atoms with van der Waals surface area (Å²) in [6, 6.07) is 12.7. The van der Waals surface area contributed by atoms with Crippen LogP contribution in [0.1, 0.15) is 17.9 Å². The second kappa shape index (κ2) is 6.66. The number of carbonyl (C=O) groups excluding carboxylic acids is 2. The fraction of sp³-hybridized carbons (Fsp3) is 0.176. The van der Waals surface area contributed by atoms with Crippen molar-refractivity contribution in [2.45, 2.75) is 19.0 Å². The number of hydrogen-bond donors (Lipinski definition) is 2. The average molecular weight is 332 g/mol. The first-order chi connectivity index (χ1) is 11.5. The monoisotopic (exact) mass is 332 g/mol. The number of ether oxygens (including phenoxy) is 1. The van der Waals surface area contributed by atoms with Crippen LogP contribution in [0, 0.1) is 0 Å². The summed E-state index contributed by atoms with van der Waals surface area (Å²) in [6.45, 7) is -2.90. The fourth-order valence-corrected chi connectivity index (χ4v) is 2.59. The molecule has 2 N–H and O–H groups in total. The summed E-state index contributed by atoms with van der Waals surface area (Å²) in [5, 5.41) is 5.42. The van der Waals surface area contributed by atoms with Crippen LogP contribution in [-0.4, -0.2) is 18.4 Å². The van der Waals surface area contributed by atoms with Gasteiger partial charge in [-0.3, -0.25) is 9.59 Å². The largest absolute Gasteiger partial charge is 0.435 e. The van der Waals surface area contributed by atoms with Crippen molar-refractivity contribution in [2.24, 2.45) is 0 Å². The average Bonchev–Trinajstić information content (AvgIpc) is 2.55. The van der Waals surface area contributed by atoms with Crippen LogP contribution in [0.5, 0.6) is 5.75 Å². The molecule has 0 spiro atoms. The summed E-state index contributed by atoms with van der Waals surface area (Å²) >= 11 is 0. The Labute approximate surface area is 136 Å². The van der Waals surface area contributed by atoms with E-state index in [1.807, 2.05) is 0 Å². The Bertz CT molecular complexity index is 763. The molecule has 1 unspecified atom stereocenters. The van der Waals surface area contributed by atoms with Crippen LogP contribution >= 0.6 is 0 Å². The third kappa shape index (κ3) is 3.51. The van der Waals surface area contributed by atoms with Gasteiger partial charge < -0.3 is 15.4 Å². The van der Waals surface area contributed by atoms with E-state index in [1.54, 1.807) is 24.3 Å². The molecule has 2 aromatic carbocycles. The SMILES string of the molecule is O=C1CC(C(=O)Nc2ccc(OC(F)F)cc2)c2ccccc2N1. The molecule has 0 aliphatic carbocycles. The molecule has 3 rings (SSSR count). The molecule has 0 aromatic heterocycles. The van der Waals surface area contributed by atoms with E-state index >= 15 is 0 Å². The summed E-state index contributed by atoms with van der Waals surface area (Å²) in [6.07, 6.45) is 0.0510. The Morgan fingerprint density at radius 2 is 1.88 bits per heavy atom. The van der Waals surface area contributed by atoms with E-state index in [4.69, 9.17) is 0 Å². The Balaban J connectivity index is 1.74. The number of halogens is 2. The zero-order valence-corrected chi connectivity index (χ0v) is 12.5. The quantitative estimate of drug-likeness (QED) is 0.902. The lowest BCUT2D eigenvalue weighted by atomic mass is 9.90. The van der Waals surface area contributed by atoms with E-state index in [9.17, 15) is 18.4 Å². The molecule has 24 heavy (non-hydrogen) atoms. The lowest BCUT2D eigenvalue weighted by Crippen LogP contribution is -2.30. The van der Waals surface area contributed by atoms with E-state index in [0.717, 1.165) is 5.56 Å². The number of para-hydroxylation sites is 1. The fourth-order valence-electron chi connectivity index (χ4n) is 2.59. The number of nitrogens with one attached hydrogen (secondary N) is 2. The normalized spacial score (nSPS) is 16.3. The van der Waals surface area contributed by atoms with Gasteiger partial charge in [-0.25, -0.2) is 0 Å². The van der Waals surface area contributed by atoms with E-state index in [1.165, 1.54) is 24.3 Å². The van der Waals surface area contributed by atoms with Crippen LogP contribution in [0.2, 0.25) is 0 Å². The van der Waals surface area contributed by atoms with E-state index < -0.39 is 12.5 Å². The zero-order chi connectivity index (χ0) is 17.1. The van der Waals surface area contributed by atoms with Crippen molar-refractivity contribution >= 4 is 23.2 Å². The predicted molar refractivity (Wildman–Crippen MR) is 84.1 cm³/mol. The van der Waals surface area contributed by atoms with Crippen molar-refractivity contribution < 1.29 is 23.1 Å². The highest BCUT2D eigenvalue weighted by molar-refractivity contribution is 6.05. The molecular formula is C17H14F2N2O3. The molecule has 0 saturated carbocycles. The van der Waals surface area contributed by atoms with Crippen molar-refractivity contribution in [2.75, 3.05) is 10.6 Å². The maximum atomic E-state index is 12.5. The van der Waals surface area contributed by atoms with E-state index in [-0.39, 0.29) is 24.0 Å². The number of alkyl halides is 2. The maximum Gasteiger partial charge on any atom is 0.387 e.